The molecule has 3 rings (SSSR count). The SMILES string of the molecule is CSc1ncc(C(=O)Nc2ccc(C#N)c(Cl)c2)n1-c1ccc(F)cc1. The topological polar surface area (TPSA) is 70.7 Å². The van der Waals surface area contributed by atoms with Gasteiger partial charge in [0.05, 0.1) is 16.8 Å². The van der Waals surface area contributed by atoms with Crippen molar-refractivity contribution in [2.24, 2.45) is 0 Å². The smallest absolute Gasteiger partial charge is 0.274 e. The average Bonchev–Trinajstić information content (AvgIpc) is 3.07. The zero-order valence-electron chi connectivity index (χ0n) is 13.5. The van der Waals surface area contributed by atoms with Gasteiger partial charge in [0.15, 0.2) is 5.16 Å². The molecule has 0 saturated heterocycles. The van der Waals surface area contributed by atoms with Crippen LogP contribution in [0.3, 0.4) is 0 Å². The van der Waals surface area contributed by atoms with E-state index < -0.39 is 5.91 Å². The lowest BCUT2D eigenvalue weighted by molar-refractivity contribution is 0.102. The van der Waals surface area contributed by atoms with Crippen LogP contribution >= 0.6 is 23.4 Å². The van der Waals surface area contributed by atoms with Crippen LogP contribution in [0.4, 0.5) is 10.1 Å². The summed E-state index contributed by atoms with van der Waals surface area (Å²) in [6.45, 7) is 0. The van der Waals surface area contributed by atoms with Crippen LogP contribution in [0.5, 0.6) is 0 Å². The number of nitrogens with zero attached hydrogens (tertiary/aromatic N) is 3. The minimum atomic E-state index is -0.400. The second-order valence-electron chi connectivity index (χ2n) is 5.20. The largest absolute Gasteiger partial charge is 0.321 e. The van der Waals surface area contributed by atoms with Crippen LogP contribution in [-0.2, 0) is 0 Å². The molecule has 0 spiro atoms. The fraction of sp³-hybridized carbons (Fsp3) is 0.0556. The van der Waals surface area contributed by atoms with Gasteiger partial charge in [-0.05, 0) is 48.7 Å². The summed E-state index contributed by atoms with van der Waals surface area (Å²) in [5.74, 6) is -0.763. The maximum absolute atomic E-state index is 13.2. The number of benzene rings is 2. The van der Waals surface area contributed by atoms with E-state index in [0.717, 1.165) is 0 Å². The van der Waals surface area contributed by atoms with E-state index in [1.54, 1.807) is 22.8 Å². The lowest BCUT2D eigenvalue weighted by Crippen LogP contribution is -2.16. The number of hydrogen-bond acceptors (Lipinski definition) is 4. The molecular formula is C18H12ClFN4OS. The molecule has 0 bridgehead atoms. The zero-order chi connectivity index (χ0) is 18.7. The van der Waals surface area contributed by atoms with Crippen molar-refractivity contribution < 1.29 is 9.18 Å². The number of halogens is 2. The summed E-state index contributed by atoms with van der Waals surface area (Å²) in [4.78, 5) is 17.0. The highest BCUT2D eigenvalue weighted by atomic mass is 35.5. The first-order chi connectivity index (χ1) is 12.5. The van der Waals surface area contributed by atoms with Crippen LogP contribution < -0.4 is 5.32 Å². The first-order valence-corrected chi connectivity index (χ1v) is 9.02. The van der Waals surface area contributed by atoms with Gasteiger partial charge in [-0.3, -0.25) is 9.36 Å². The van der Waals surface area contributed by atoms with Gasteiger partial charge in [0, 0.05) is 11.4 Å². The number of aromatic nitrogens is 2. The molecule has 130 valence electrons. The molecule has 8 heteroatoms. The predicted molar refractivity (Wildman–Crippen MR) is 99.4 cm³/mol. The normalized spacial score (nSPS) is 10.4. The van der Waals surface area contributed by atoms with E-state index in [2.05, 4.69) is 10.3 Å². The minimum Gasteiger partial charge on any atom is -0.321 e. The Balaban J connectivity index is 1.95. The van der Waals surface area contributed by atoms with Gasteiger partial charge in [-0.15, -0.1) is 0 Å². The summed E-state index contributed by atoms with van der Waals surface area (Å²) in [6.07, 6.45) is 3.29. The highest BCUT2D eigenvalue weighted by molar-refractivity contribution is 7.98. The van der Waals surface area contributed by atoms with Gasteiger partial charge in [0.2, 0.25) is 0 Å². The lowest BCUT2D eigenvalue weighted by atomic mass is 10.2. The van der Waals surface area contributed by atoms with Crippen molar-refractivity contribution in [2.75, 3.05) is 11.6 Å². The molecule has 0 aliphatic heterocycles. The molecule has 0 fully saturated rings. The van der Waals surface area contributed by atoms with Crippen LogP contribution in [-0.4, -0.2) is 21.7 Å². The third-order valence-electron chi connectivity index (χ3n) is 3.58. The summed E-state index contributed by atoms with van der Waals surface area (Å²) >= 11 is 7.36. The fourth-order valence-electron chi connectivity index (χ4n) is 2.36. The van der Waals surface area contributed by atoms with Gasteiger partial charge in [0.25, 0.3) is 5.91 Å². The van der Waals surface area contributed by atoms with E-state index in [1.807, 2.05) is 12.3 Å². The van der Waals surface area contributed by atoms with Gasteiger partial charge in [-0.1, -0.05) is 23.4 Å². The molecule has 1 N–H and O–H groups in total. The third kappa shape index (κ3) is 3.57. The molecule has 2 aromatic carbocycles. The van der Waals surface area contributed by atoms with Gasteiger partial charge >= 0.3 is 0 Å². The summed E-state index contributed by atoms with van der Waals surface area (Å²) in [5.41, 5.74) is 1.69. The number of carbonyl (C=O) groups is 1. The van der Waals surface area contributed by atoms with Gasteiger partial charge in [0.1, 0.15) is 17.6 Å². The number of amides is 1. The van der Waals surface area contributed by atoms with E-state index >= 15 is 0 Å². The van der Waals surface area contributed by atoms with Crippen molar-refractivity contribution in [3.8, 4) is 11.8 Å². The number of anilines is 1. The van der Waals surface area contributed by atoms with Gasteiger partial charge in [-0.2, -0.15) is 5.26 Å². The van der Waals surface area contributed by atoms with Gasteiger partial charge in [-0.25, -0.2) is 9.37 Å². The molecule has 1 aromatic heterocycles. The number of rotatable bonds is 4. The molecule has 1 amide bonds. The molecule has 0 atom stereocenters. The zero-order valence-corrected chi connectivity index (χ0v) is 15.1. The summed E-state index contributed by atoms with van der Waals surface area (Å²) in [5, 5.41) is 12.5. The highest BCUT2D eigenvalue weighted by Gasteiger charge is 2.18. The van der Waals surface area contributed by atoms with Gasteiger partial charge < -0.3 is 5.32 Å². The third-order valence-corrected chi connectivity index (χ3v) is 4.54. The van der Waals surface area contributed by atoms with E-state index in [4.69, 9.17) is 16.9 Å². The number of nitrogens with one attached hydrogen (secondary N) is 1. The Hall–Kier alpha value is -2.82. The second-order valence-corrected chi connectivity index (χ2v) is 6.38. The molecule has 0 aliphatic rings. The van der Waals surface area contributed by atoms with Crippen LogP contribution in [0.2, 0.25) is 5.02 Å². The number of nitriles is 1. The Kier molecular flexibility index (Phi) is 5.26. The number of thioether (sulfide) groups is 1. The Morgan fingerprint density at radius 1 is 1.31 bits per heavy atom. The molecule has 3 aromatic rings. The van der Waals surface area contributed by atoms with Crippen LogP contribution in [0.1, 0.15) is 16.1 Å². The Labute approximate surface area is 158 Å². The molecular weight excluding hydrogens is 375 g/mol. The van der Waals surface area contributed by atoms with Crippen molar-refractivity contribution in [3.05, 3.63) is 70.8 Å². The van der Waals surface area contributed by atoms with Crippen molar-refractivity contribution in [1.29, 1.82) is 5.26 Å². The maximum Gasteiger partial charge on any atom is 0.274 e. The Morgan fingerprint density at radius 2 is 2.04 bits per heavy atom. The molecule has 0 aliphatic carbocycles. The molecule has 5 nitrogen and oxygen atoms in total. The summed E-state index contributed by atoms with van der Waals surface area (Å²) < 4.78 is 14.9. The molecule has 1 heterocycles. The first kappa shape index (κ1) is 18.0. The number of carbonyl (C=O) groups excluding carboxylic acids is 1. The average molecular weight is 387 g/mol. The Morgan fingerprint density at radius 3 is 2.65 bits per heavy atom. The highest BCUT2D eigenvalue weighted by Crippen LogP contribution is 2.24. The van der Waals surface area contributed by atoms with Crippen molar-refractivity contribution in [3.63, 3.8) is 0 Å². The van der Waals surface area contributed by atoms with Crippen LogP contribution in [0.25, 0.3) is 5.69 Å². The summed E-state index contributed by atoms with van der Waals surface area (Å²) in [7, 11) is 0. The molecule has 26 heavy (non-hydrogen) atoms. The number of imidazole rings is 1. The van der Waals surface area contributed by atoms with E-state index in [-0.39, 0.29) is 10.8 Å². The van der Waals surface area contributed by atoms with E-state index in [1.165, 1.54) is 42.2 Å². The molecule has 0 saturated carbocycles. The second kappa shape index (κ2) is 7.60. The lowest BCUT2D eigenvalue weighted by Gasteiger charge is -2.11. The van der Waals surface area contributed by atoms with Crippen LogP contribution in [0, 0.1) is 17.1 Å². The summed E-state index contributed by atoms with van der Waals surface area (Å²) in [6, 6.07) is 12.4. The predicted octanol–water partition coefficient (Wildman–Crippen LogP) is 4.51. The maximum atomic E-state index is 13.2. The molecule has 0 radical (unpaired) electrons. The molecule has 0 unspecified atom stereocenters. The van der Waals surface area contributed by atoms with E-state index in [9.17, 15) is 9.18 Å². The van der Waals surface area contributed by atoms with Crippen molar-refractivity contribution >= 4 is 35.0 Å². The van der Waals surface area contributed by atoms with Crippen molar-refractivity contribution in [1.82, 2.24) is 9.55 Å². The van der Waals surface area contributed by atoms with Crippen molar-refractivity contribution in [2.45, 2.75) is 5.16 Å². The van der Waals surface area contributed by atoms with Crippen LogP contribution in [0.15, 0.2) is 53.8 Å². The Bertz CT molecular complexity index is 1010. The quantitative estimate of drug-likeness (QED) is 0.669. The first-order valence-electron chi connectivity index (χ1n) is 7.42. The minimum absolute atomic E-state index is 0.252. The number of hydrogen-bond donors (Lipinski definition) is 1. The standard InChI is InChI=1S/C18H12ClFN4OS/c1-26-18-22-10-16(24(18)14-6-3-12(20)4-7-14)17(25)23-13-5-2-11(9-21)15(19)8-13/h2-8,10H,1H3,(H,23,25). The van der Waals surface area contributed by atoms with E-state index in [0.29, 0.717) is 27.8 Å². The monoisotopic (exact) mass is 386 g/mol. The fourth-order valence-corrected chi connectivity index (χ4v) is 3.12.